The highest BCUT2D eigenvalue weighted by molar-refractivity contribution is 8.00. The normalized spacial score (nSPS) is 47.7. The SMILES string of the molecule is CS[C@]1(C)C[C@@H]2[C@H](C[C@H]1N1CCCCC1)C2(C)C. The van der Waals surface area contributed by atoms with E-state index in [4.69, 9.17) is 0 Å². The fourth-order valence-corrected chi connectivity index (χ4v) is 5.64. The molecular weight excluding hydrogens is 238 g/mol. The maximum absolute atomic E-state index is 2.84. The molecule has 0 N–H and O–H groups in total. The molecule has 1 saturated heterocycles. The third-order valence-corrected chi connectivity index (χ3v) is 7.76. The van der Waals surface area contributed by atoms with Crippen molar-refractivity contribution >= 4 is 11.8 Å². The topological polar surface area (TPSA) is 3.24 Å². The van der Waals surface area contributed by atoms with Crippen molar-refractivity contribution in [3.63, 3.8) is 0 Å². The lowest BCUT2D eigenvalue weighted by Crippen LogP contribution is -2.53. The second-order valence-corrected chi connectivity index (χ2v) is 8.94. The van der Waals surface area contributed by atoms with E-state index >= 15 is 0 Å². The first-order valence-electron chi connectivity index (χ1n) is 7.78. The number of rotatable bonds is 2. The van der Waals surface area contributed by atoms with Gasteiger partial charge in [-0.15, -0.1) is 0 Å². The fraction of sp³-hybridized carbons (Fsp3) is 1.00. The van der Waals surface area contributed by atoms with Crippen LogP contribution in [0.1, 0.15) is 52.9 Å². The summed E-state index contributed by atoms with van der Waals surface area (Å²) in [4.78, 5) is 2.84. The number of hydrogen-bond acceptors (Lipinski definition) is 2. The van der Waals surface area contributed by atoms with Gasteiger partial charge in [0.05, 0.1) is 0 Å². The second kappa shape index (κ2) is 4.41. The Morgan fingerprint density at radius 1 is 1.00 bits per heavy atom. The Bertz CT molecular complexity index is 321. The van der Waals surface area contributed by atoms with Crippen LogP contribution in [0.4, 0.5) is 0 Å². The molecule has 1 heterocycles. The van der Waals surface area contributed by atoms with Gasteiger partial charge in [-0.05, 0) is 69.2 Å². The first-order valence-corrected chi connectivity index (χ1v) is 9.01. The highest BCUT2D eigenvalue weighted by Crippen LogP contribution is 2.68. The molecule has 2 aliphatic carbocycles. The average Bonchev–Trinajstić information content (AvgIpc) is 2.90. The van der Waals surface area contributed by atoms with Gasteiger partial charge in [0.1, 0.15) is 0 Å². The van der Waals surface area contributed by atoms with Gasteiger partial charge in [0.2, 0.25) is 0 Å². The second-order valence-electron chi connectivity index (χ2n) is 7.60. The summed E-state index contributed by atoms with van der Waals surface area (Å²) in [7, 11) is 0. The molecule has 0 aromatic rings. The van der Waals surface area contributed by atoms with E-state index in [9.17, 15) is 0 Å². The van der Waals surface area contributed by atoms with E-state index in [0.717, 1.165) is 17.9 Å². The monoisotopic (exact) mass is 267 g/mol. The summed E-state index contributed by atoms with van der Waals surface area (Å²) in [6.07, 6.45) is 9.57. The van der Waals surface area contributed by atoms with Crippen molar-refractivity contribution in [2.75, 3.05) is 19.3 Å². The van der Waals surface area contributed by atoms with Crippen LogP contribution in [-0.4, -0.2) is 35.0 Å². The zero-order chi connectivity index (χ0) is 13.0. The summed E-state index contributed by atoms with van der Waals surface area (Å²) in [6.45, 7) is 10.3. The van der Waals surface area contributed by atoms with E-state index in [0.29, 0.717) is 10.2 Å². The summed E-state index contributed by atoms with van der Waals surface area (Å²) in [5.41, 5.74) is 0.640. The van der Waals surface area contributed by atoms with Crippen LogP contribution in [0.5, 0.6) is 0 Å². The van der Waals surface area contributed by atoms with Gasteiger partial charge < -0.3 is 0 Å². The number of nitrogens with zero attached hydrogens (tertiary/aromatic N) is 1. The lowest BCUT2D eigenvalue weighted by molar-refractivity contribution is 0.103. The Balaban J connectivity index is 1.78. The van der Waals surface area contributed by atoms with Crippen molar-refractivity contribution in [1.82, 2.24) is 4.90 Å². The molecule has 3 aliphatic rings. The van der Waals surface area contributed by atoms with E-state index in [1.807, 2.05) is 0 Å². The molecule has 0 amide bonds. The molecular formula is C16H29NS. The predicted octanol–water partition coefficient (Wildman–Crippen LogP) is 4.03. The number of thioether (sulfide) groups is 1. The van der Waals surface area contributed by atoms with Gasteiger partial charge in [-0.1, -0.05) is 20.3 Å². The Hall–Kier alpha value is 0.310. The van der Waals surface area contributed by atoms with Crippen LogP contribution in [0.15, 0.2) is 0 Å². The molecule has 4 atom stereocenters. The van der Waals surface area contributed by atoms with Crippen LogP contribution in [0.25, 0.3) is 0 Å². The third-order valence-electron chi connectivity index (χ3n) is 6.39. The molecule has 104 valence electrons. The Kier molecular flexibility index (Phi) is 3.26. The molecule has 3 rings (SSSR count). The maximum atomic E-state index is 2.84. The molecule has 2 saturated carbocycles. The van der Waals surface area contributed by atoms with Crippen molar-refractivity contribution in [1.29, 1.82) is 0 Å². The van der Waals surface area contributed by atoms with E-state index in [-0.39, 0.29) is 0 Å². The average molecular weight is 267 g/mol. The number of likely N-dealkylation sites (tertiary alicyclic amines) is 1. The van der Waals surface area contributed by atoms with Gasteiger partial charge in [0, 0.05) is 10.8 Å². The zero-order valence-corrected chi connectivity index (χ0v) is 13.4. The minimum atomic E-state index is 0.506. The highest BCUT2D eigenvalue weighted by atomic mass is 32.2. The van der Waals surface area contributed by atoms with Gasteiger partial charge >= 0.3 is 0 Å². The standard InChI is InChI=1S/C16H29NS/c1-15(2)12-10-14(17-8-6-5-7-9-17)16(3,18-4)11-13(12)15/h12-14H,5-11H2,1-4H3/t12-,13+,14+,16+/m0/s1. The number of piperidine rings is 1. The minimum Gasteiger partial charge on any atom is -0.299 e. The van der Waals surface area contributed by atoms with Crippen LogP contribution in [-0.2, 0) is 0 Å². The molecule has 18 heavy (non-hydrogen) atoms. The molecule has 0 aromatic carbocycles. The molecule has 0 aromatic heterocycles. The van der Waals surface area contributed by atoms with Crippen molar-refractivity contribution in [3.8, 4) is 0 Å². The van der Waals surface area contributed by atoms with Gasteiger partial charge in [0.15, 0.2) is 0 Å². The molecule has 0 spiro atoms. The quantitative estimate of drug-likeness (QED) is 0.743. The molecule has 1 aliphatic heterocycles. The molecule has 0 radical (unpaired) electrons. The lowest BCUT2D eigenvalue weighted by atomic mass is 9.83. The summed E-state index contributed by atoms with van der Waals surface area (Å²) in [5.74, 6) is 2.03. The van der Waals surface area contributed by atoms with Crippen molar-refractivity contribution in [3.05, 3.63) is 0 Å². The smallest absolute Gasteiger partial charge is 0.0287 e. The zero-order valence-electron chi connectivity index (χ0n) is 12.5. The summed E-state index contributed by atoms with van der Waals surface area (Å²) >= 11 is 2.14. The van der Waals surface area contributed by atoms with Gasteiger partial charge in [-0.25, -0.2) is 0 Å². The van der Waals surface area contributed by atoms with E-state index < -0.39 is 0 Å². The third kappa shape index (κ3) is 1.95. The van der Waals surface area contributed by atoms with Crippen LogP contribution in [0.3, 0.4) is 0 Å². The van der Waals surface area contributed by atoms with E-state index in [2.05, 4.69) is 43.7 Å². The van der Waals surface area contributed by atoms with Crippen molar-refractivity contribution < 1.29 is 0 Å². The van der Waals surface area contributed by atoms with Gasteiger partial charge in [0.25, 0.3) is 0 Å². The molecule has 2 heteroatoms. The molecule has 0 bridgehead atoms. The largest absolute Gasteiger partial charge is 0.299 e. The van der Waals surface area contributed by atoms with E-state index in [1.54, 1.807) is 0 Å². The minimum absolute atomic E-state index is 0.506. The van der Waals surface area contributed by atoms with E-state index in [1.165, 1.54) is 45.2 Å². The fourth-order valence-electron chi connectivity index (χ4n) is 4.78. The summed E-state index contributed by atoms with van der Waals surface area (Å²) < 4.78 is 0.506. The van der Waals surface area contributed by atoms with Crippen LogP contribution >= 0.6 is 11.8 Å². The van der Waals surface area contributed by atoms with Crippen LogP contribution in [0.2, 0.25) is 0 Å². The first-order chi connectivity index (χ1) is 8.49. The highest BCUT2D eigenvalue weighted by Gasteiger charge is 2.64. The van der Waals surface area contributed by atoms with Crippen LogP contribution < -0.4 is 0 Å². The van der Waals surface area contributed by atoms with Gasteiger partial charge in [-0.2, -0.15) is 11.8 Å². The van der Waals surface area contributed by atoms with Crippen molar-refractivity contribution in [2.45, 2.75) is 63.7 Å². The Labute approximate surface area is 117 Å². The maximum Gasteiger partial charge on any atom is 0.0287 e. The number of fused-ring (bicyclic) bond motifs is 1. The lowest BCUT2D eigenvalue weighted by Gasteiger charge is -2.47. The van der Waals surface area contributed by atoms with Crippen molar-refractivity contribution in [2.24, 2.45) is 17.3 Å². The van der Waals surface area contributed by atoms with Gasteiger partial charge in [-0.3, -0.25) is 4.90 Å². The predicted molar refractivity (Wildman–Crippen MR) is 81.1 cm³/mol. The summed E-state index contributed by atoms with van der Waals surface area (Å²) in [6, 6.07) is 0.843. The molecule has 3 fully saturated rings. The molecule has 1 nitrogen and oxygen atoms in total. The first kappa shape index (κ1) is 13.3. The Morgan fingerprint density at radius 3 is 2.28 bits per heavy atom. The number of hydrogen-bond donors (Lipinski definition) is 0. The van der Waals surface area contributed by atoms with Crippen LogP contribution in [0, 0.1) is 17.3 Å². The summed E-state index contributed by atoms with van der Waals surface area (Å²) in [5, 5.41) is 0. The Morgan fingerprint density at radius 2 is 1.67 bits per heavy atom. The molecule has 0 unspecified atom stereocenters.